The van der Waals surface area contributed by atoms with E-state index in [-0.39, 0.29) is 0 Å². The topological polar surface area (TPSA) is 55.8 Å². The quantitative estimate of drug-likeness (QED) is 0.892. The zero-order chi connectivity index (χ0) is 13.2. The summed E-state index contributed by atoms with van der Waals surface area (Å²) in [6.07, 6.45) is 1.32. The fourth-order valence-electron chi connectivity index (χ4n) is 1.81. The van der Waals surface area contributed by atoms with E-state index in [1.165, 1.54) is 0 Å². The lowest BCUT2D eigenvalue weighted by Crippen LogP contribution is -2.24. The Morgan fingerprint density at radius 1 is 1.28 bits per heavy atom. The number of benzene rings is 1. The number of carbonyl (C=O) groups is 1. The summed E-state index contributed by atoms with van der Waals surface area (Å²) < 4.78 is 10.9. The average molecular weight is 250 g/mol. The molecule has 1 heterocycles. The van der Waals surface area contributed by atoms with Crippen LogP contribution in [-0.4, -0.2) is 24.3 Å². The molecule has 0 amide bonds. The molecular weight excluding hydrogens is 232 g/mol. The second-order valence-corrected chi connectivity index (χ2v) is 5.17. The third-order valence-electron chi connectivity index (χ3n) is 3.22. The van der Waals surface area contributed by atoms with Gasteiger partial charge in [-0.05, 0) is 44.4 Å². The molecule has 0 fully saturated rings. The van der Waals surface area contributed by atoms with E-state index in [1.807, 2.05) is 18.2 Å². The van der Waals surface area contributed by atoms with Crippen molar-refractivity contribution in [3.8, 4) is 11.5 Å². The van der Waals surface area contributed by atoms with Gasteiger partial charge in [0, 0.05) is 0 Å². The first-order valence-electron chi connectivity index (χ1n) is 6.11. The first-order chi connectivity index (χ1) is 8.49. The lowest BCUT2D eigenvalue weighted by Gasteiger charge is -2.21. The fraction of sp³-hybridized carbons (Fsp3) is 0.500. The molecule has 1 aromatic carbocycles. The summed E-state index contributed by atoms with van der Waals surface area (Å²) in [6.45, 7) is 4.64. The van der Waals surface area contributed by atoms with Crippen LogP contribution in [0.5, 0.6) is 11.5 Å². The molecule has 18 heavy (non-hydrogen) atoms. The van der Waals surface area contributed by atoms with Gasteiger partial charge in [0.1, 0.15) is 13.2 Å². The molecule has 2 rings (SSSR count). The summed E-state index contributed by atoms with van der Waals surface area (Å²) in [6, 6.07) is 5.79. The van der Waals surface area contributed by atoms with Crippen molar-refractivity contribution in [2.45, 2.75) is 26.7 Å². The van der Waals surface area contributed by atoms with Crippen molar-refractivity contribution in [1.82, 2.24) is 0 Å². The molecule has 0 aliphatic carbocycles. The average Bonchev–Trinajstić information content (AvgIpc) is 2.36. The monoisotopic (exact) mass is 250 g/mol. The fourth-order valence-corrected chi connectivity index (χ4v) is 1.81. The molecule has 0 radical (unpaired) electrons. The molecule has 1 aliphatic rings. The molecule has 98 valence electrons. The van der Waals surface area contributed by atoms with Gasteiger partial charge in [0.25, 0.3) is 0 Å². The first kappa shape index (κ1) is 12.7. The van der Waals surface area contributed by atoms with E-state index in [9.17, 15) is 4.79 Å². The maximum Gasteiger partial charge on any atom is 0.309 e. The summed E-state index contributed by atoms with van der Waals surface area (Å²) in [5, 5.41) is 9.07. The second kappa shape index (κ2) is 4.88. The molecule has 4 heteroatoms. The largest absolute Gasteiger partial charge is 0.486 e. The number of fused-ring (bicyclic) bond motifs is 1. The number of carboxylic acids is 1. The molecule has 0 bridgehead atoms. The van der Waals surface area contributed by atoms with E-state index in [2.05, 4.69) is 0 Å². The predicted octanol–water partition coefficient (Wildman–Crippen LogP) is 2.50. The van der Waals surface area contributed by atoms with E-state index >= 15 is 0 Å². The smallest absolute Gasteiger partial charge is 0.309 e. The summed E-state index contributed by atoms with van der Waals surface area (Å²) in [5.74, 6) is 0.759. The standard InChI is InChI=1S/C14H18O4/c1-14(2,13(15)16)6-5-10-3-4-11-12(9-10)18-8-7-17-11/h3-4,9H,5-8H2,1-2H3,(H,15,16). The highest BCUT2D eigenvalue weighted by atomic mass is 16.6. The van der Waals surface area contributed by atoms with Crippen LogP contribution in [-0.2, 0) is 11.2 Å². The minimum Gasteiger partial charge on any atom is -0.486 e. The van der Waals surface area contributed by atoms with Crippen molar-refractivity contribution >= 4 is 5.97 Å². The van der Waals surface area contributed by atoms with Crippen LogP contribution in [0.15, 0.2) is 18.2 Å². The Morgan fingerprint density at radius 2 is 1.94 bits per heavy atom. The molecule has 1 aromatic rings. The number of aliphatic carboxylic acids is 1. The Hall–Kier alpha value is -1.71. The van der Waals surface area contributed by atoms with Gasteiger partial charge in [-0.2, -0.15) is 0 Å². The van der Waals surface area contributed by atoms with Crippen LogP contribution in [0, 0.1) is 5.41 Å². The Balaban J connectivity index is 2.04. The zero-order valence-corrected chi connectivity index (χ0v) is 10.7. The van der Waals surface area contributed by atoms with Crippen molar-refractivity contribution in [3.05, 3.63) is 23.8 Å². The second-order valence-electron chi connectivity index (χ2n) is 5.17. The molecule has 0 atom stereocenters. The molecule has 1 aliphatic heterocycles. The van der Waals surface area contributed by atoms with Crippen molar-refractivity contribution in [2.24, 2.45) is 5.41 Å². The van der Waals surface area contributed by atoms with Gasteiger partial charge in [-0.15, -0.1) is 0 Å². The summed E-state index contributed by atoms with van der Waals surface area (Å²) in [4.78, 5) is 11.0. The van der Waals surface area contributed by atoms with Crippen molar-refractivity contribution in [3.63, 3.8) is 0 Å². The molecule has 0 unspecified atom stereocenters. The molecule has 1 N–H and O–H groups in total. The van der Waals surface area contributed by atoms with Gasteiger partial charge in [-0.3, -0.25) is 4.79 Å². The van der Waals surface area contributed by atoms with Crippen molar-refractivity contribution in [1.29, 1.82) is 0 Å². The SMILES string of the molecule is CC(C)(CCc1ccc2c(c1)OCCO2)C(=O)O. The van der Waals surface area contributed by atoms with Gasteiger partial charge < -0.3 is 14.6 Å². The van der Waals surface area contributed by atoms with E-state index < -0.39 is 11.4 Å². The highest BCUT2D eigenvalue weighted by Gasteiger charge is 2.26. The Bertz CT molecular complexity index is 451. The first-order valence-corrected chi connectivity index (χ1v) is 6.11. The summed E-state index contributed by atoms with van der Waals surface area (Å²) in [5.41, 5.74) is 0.376. The number of rotatable bonds is 4. The minimum absolute atomic E-state index is 0.567. The lowest BCUT2D eigenvalue weighted by molar-refractivity contribution is -0.147. The van der Waals surface area contributed by atoms with Gasteiger partial charge >= 0.3 is 5.97 Å². The molecule has 0 saturated heterocycles. The number of hydrogen-bond acceptors (Lipinski definition) is 3. The molecule has 0 saturated carbocycles. The molecule has 0 spiro atoms. The van der Waals surface area contributed by atoms with E-state index in [1.54, 1.807) is 13.8 Å². The van der Waals surface area contributed by atoms with Crippen molar-refractivity contribution in [2.75, 3.05) is 13.2 Å². The predicted molar refractivity (Wildman–Crippen MR) is 67.2 cm³/mol. The molecule has 4 nitrogen and oxygen atoms in total. The van der Waals surface area contributed by atoms with Crippen LogP contribution >= 0.6 is 0 Å². The van der Waals surface area contributed by atoms with E-state index in [4.69, 9.17) is 14.6 Å². The Kier molecular flexibility index (Phi) is 3.45. The van der Waals surface area contributed by atoms with Crippen LogP contribution < -0.4 is 9.47 Å². The van der Waals surface area contributed by atoms with Crippen LogP contribution in [0.3, 0.4) is 0 Å². The van der Waals surface area contributed by atoms with Gasteiger partial charge in [0.05, 0.1) is 5.41 Å². The Labute approximate surface area is 107 Å². The minimum atomic E-state index is -0.764. The van der Waals surface area contributed by atoms with Crippen LogP contribution in [0.1, 0.15) is 25.8 Å². The van der Waals surface area contributed by atoms with Crippen LogP contribution in [0.4, 0.5) is 0 Å². The maximum absolute atomic E-state index is 11.0. The third-order valence-corrected chi connectivity index (χ3v) is 3.22. The lowest BCUT2D eigenvalue weighted by atomic mass is 9.86. The Morgan fingerprint density at radius 3 is 2.61 bits per heavy atom. The van der Waals surface area contributed by atoms with Gasteiger partial charge in [0.15, 0.2) is 11.5 Å². The van der Waals surface area contributed by atoms with Crippen LogP contribution in [0.25, 0.3) is 0 Å². The normalized spacial score (nSPS) is 14.3. The molecule has 0 aromatic heterocycles. The van der Waals surface area contributed by atoms with Gasteiger partial charge in [-0.25, -0.2) is 0 Å². The molecular formula is C14H18O4. The summed E-state index contributed by atoms with van der Waals surface area (Å²) in [7, 11) is 0. The zero-order valence-electron chi connectivity index (χ0n) is 10.7. The highest BCUT2D eigenvalue weighted by molar-refractivity contribution is 5.73. The van der Waals surface area contributed by atoms with Gasteiger partial charge in [-0.1, -0.05) is 6.07 Å². The van der Waals surface area contributed by atoms with Crippen LogP contribution in [0.2, 0.25) is 0 Å². The number of hydrogen-bond donors (Lipinski definition) is 1. The van der Waals surface area contributed by atoms with E-state index in [0.29, 0.717) is 19.6 Å². The number of carboxylic acid groups (broad SMARTS) is 1. The number of ether oxygens (including phenoxy) is 2. The highest BCUT2D eigenvalue weighted by Crippen LogP contribution is 2.32. The van der Waals surface area contributed by atoms with Crippen molar-refractivity contribution < 1.29 is 19.4 Å². The van der Waals surface area contributed by atoms with Gasteiger partial charge in [0.2, 0.25) is 0 Å². The number of aryl methyl sites for hydroxylation is 1. The maximum atomic E-state index is 11.0. The van der Waals surface area contributed by atoms with E-state index in [0.717, 1.165) is 23.5 Å². The summed E-state index contributed by atoms with van der Waals surface area (Å²) >= 11 is 0. The third kappa shape index (κ3) is 2.75.